The smallest absolute Gasteiger partial charge is 0.275 e. The number of benzene rings is 3. The summed E-state index contributed by atoms with van der Waals surface area (Å²) in [6.45, 7) is 0. The van der Waals surface area contributed by atoms with Crippen molar-refractivity contribution in [3.8, 4) is 21.8 Å². The van der Waals surface area contributed by atoms with Crippen molar-refractivity contribution in [2.45, 2.75) is 0 Å². The molecule has 0 aliphatic heterocycles. The molecule has 0 saturated carbocycles. The van der Waals surface area contributed by atoms with E-state index in [1.165, 1.54) is 11.3 Å². The lowest BCUT2D eigenvalue weighted by atomic mass is 10.2. The van der Waals surface area contributed by atoms with E-state index in [-0.39, 0.29) is 5.56 Å². The van der Waals surface area contributed by atoms with E-state index >= 15 is 0 Å². The number of halogens is 1. The van der Waals surface area contributed by atoms with Crippen LogP contribution in [0.4, 0.5) is 5.95 Å². The Morgan fingerprint density at radius 3 is 2.45 bits per heavy atom. The van der Waals surface area contributed by atoms with Crippen molar-refractivity contribution in [2.75, 3.05) is 5.73 Å². The van der Waals surface area contributed by atoms with Crippen LogP contribution in [0, 0.1) is 0 Å². The summed E-state index contributed by atoms with van der Waals surface area (Å²) in [5.41, 5.74) is 10.9. The highest BCUT2D eigenvalue weighted by atomic mass is 35.5. The summed E-state index contributed by atoms with van der Waals surface area (Å²) < 4.78 is 4.03. The third-order valence-corrected chi connectivity index (χ3v) is 6.94. The average molecular weight is 470 g/mol. The number of nitrogen functional groups attached to an aromatic ring is 1. The van der Waals surface area contributed by atoms with Gasteiger partial charge in [0.05, 0.1) is 22.2 Å². The topological polar surface area (TPSA) is 78.7 Å². The van der Waals surface area contributed by atoms with Crippen LogP contribution in [0.15, 0.2) is 90.0 Å². The Bertz CT molecular complexity index is 1700. The molecular formula is C25H16ClN5OS. The molecule has 8 heteroatoms. The normalized spacial score (nSPS) is 11.4. The largest absolute Gasteiger partial charge is 0.369 e. The van der Waals surface area contributed by atoms with Crippen molar-refractivity contribution in [3.05, 3.63) is 101 Å². The molecule has 0 amide bonds. The van der Waals surface area contributed by atoms with E-state index in [2.05, 4.69) is 9.97 Å². The van der Waals surface area contributed by atoms with Gasteiger partial charge >= 0.3 is 0 Å². The van der Waals surface area contributed by atoms with Crippen LogP contribution in [-0.2, 0) is 0 Å². The van der Waals surface area contributed by atoms with Crippen molar-refractivity contribution in [1.29, 1.82) is 0 Å². The first kappa shape index (κ1) is 19.7. The third kappa shape index (κ3) is 3.29. The molecule has 0 aliphatic rings. The lowest BCUT2D eigenvalue weighted by Gasteiger charge is -2.07. The molecule has 3 heterocycles. The number of hydrogen-bond donors (Lipinski definition) is 1. The van der Waals surface area contributed by atoms with Crippen LogP contribution in [0.5, 0.6) is 0 Å². The van der Waals surface area contributed by atoms with Gasteiger partial charge in [-0.2, -0.15) is 0 Å². The molecule has 0 unspecified atom stereocenters. The number of para-hydroxylation sites is 1. The maximum Gasteiger partial charge on any atom is 0.275 e. The third-order valence-electron chi connectivity index (χ3n) is 5.52. The van der Waals surface area contributed by atoms with E-state index in [9.17, 15) is 4.79 Å². The molecule has 3 aromatic heterocycles. The maximum absolute atomic E-state index is 13.3. The van der Waals surface area contributed by atoms with Crippen molar-refractivity contribution in [1.82, 2.24) is 19.1 Å². The molecule has 3 aromatic carbocycles. The predicted octanol–water partition coefficient (Wildman–Crippen LogP) is 5.69. The average Bonchev–Trinajstić information content (AvgIpc) is 3.41. The first-order valence-electron chi connectivity index (χ1n) is 10.2. The zero-order valence-electron chi connectivity index (χ0n) is 17.1. The fraction of sp³-hybridized carbons (Fsp3) is 0. The number of imidazole rings is 1. The Balaban J connectivity index is 1.46. The molecule has 0 fully saturated rings. The van der Waals surface area contributed by atoms with Crippen LogP contribution >= 0.6 is 22.9 Å². The first-order valence-corrected chi connectivity index (χ1v) is 11.4. The summed E-state index contributed by atoms with van der Waals surface area (Å²) in [6, 6.07) is 24.9. The van der Waals surface area contributed by atoms with Gasteiger partial charge in [-0.05, 0) is 54.1 Å². The Morgan fingerprint density at radius 1 is 0.879 bits per heavy atom. The van der Waals surface area contributed by atoms with Gasteiger partial charge in [-0.25, -0.2) is 9.97 Å². The summed E-state index contributed by atoms with van der Waals surface area (Å²) in [4.78, 5) is 23.3. The zero-order valence-corrected chi connectivity index (χ0v) is 18.7. The fourth-order valence-electron chi connectivity index (χ4n) is 3.94. The van der Waals surface area contributed by atoms with E-state index in [0.717, 1.165) is 21.6 Å². The molecule has 0 saturated heterocycles. The molecule has 0 atom stereocenters. The van der Waals surface area contributed by atoms with E-state index < -0.39 is 0 Å². The second-order valence-corrected chi connectivity index (χ2v) is 9.05. The van der Waals surface area contributed by atoms with Crippen molar-refractivity contribution in [2.24, 2.45) is 0 Å². The van der Waals surface area contributed by atoms with Gasteiger partial charge in [0.2, 0.25) is 5.95 Å². The number of aromatic nitrogens is 4. The summed E-state index contributed by atoms with van der Waals surface area (Å²) in [6.07, 6.45) is 1.56. The summed E-state index contributed by atoms with van der Waals surface area (Å²) >= 11 is 7.42. The quantitative estimate of drug-likeness (QED) is 0.361. The molecular weight excluding hydrogens is 454 g/mol. The Morgan fingerprint density at radius 2 is 1.67 bits per heavy atom. The Labute approximate surface area is 197 Å². The lowest BCUT2D eigenvalue weighted by molar-refractivity contribution is 0.968. The molecule has 0 radical (unpaired) electrons. The van der Waals surface area contributed by atoms with E-state index in [1.807, 2.05) is 83.4 Å². The zero-order chi connectivity index (χ0) is 22.5. The van der Waals surface area contributed by atoms with Gasteiger partial charge in [0.1, 0.15) is 11.0 Å². The van der Waals surface area contributed by atoms with Crippen molar-refractivity contribution >= 4 is 50.1 Å². The van der Waals surface area contributed by atoms with Crippen LogP contribution in [0.1, 0.15) is 0 Å². The molecule has 0 spiro atoms. The highest BCUT2D eigenvalue weighted by Gasteiger charge is 2.14. The molecule has 2 N–H and O–H groups in total. The molecule has 33 heavy (non-hydrogen) atoms. The highest BCUT2D eigenvalue weighted by Crippen LogP contribution is 2.32. The van der Waals surface area contributed by atoms with Gasteiger partial charge in [-0.15, -0.1) is 11.3 Å². The molecule has 160 valence electrons. The van der Waals surface area contributed by atoms with Crippen LogP contribution in [0.25, 0.3) is 43.1 Å². The minimum atomic E-state index is -0.125. The van der Waals surface area contributed by atoms with Gasteiger partial charge in [0.15, 0.2) is 0 Å². The fourth-order valence-corrected chi connectivity index (χ4v) is 5.11. The number of nitrogens with two attached hydrogens (primary N) is 1. The SMILES string of the molecule is Nc1nc2cc(-n3cnc4cc(-c5ccc(Cl)cc5)sc4c3=O)ccc2n1-c1ccccc1. The second kappa shape index (κ2) is 7.58. The summed E-state index contributed by atoms with van der Waals surface area (Å²) in [5, 5.41) is 0.672. The monoisotopic (exact) mass is 469 g/mol. The number of rotatable bonds is 3. The molecule has 6 nitrogen and oxygen atoms in total. The highest BCUT2D eigenvalue weighted by molar-refractivity contribution is 7.22. The number of anilines is 1. The van der Waals surface area contributed by atoms with Crippen molar-refractivity contribution < 1.29 is 0 Å². The van der Waals surface area contributed by atoms with Gasteiger partial charge in [-0.1, -0.05) is 41.9 Å². The summed E-state index contributed by atoms with van der Waals surface area (Å²) in [5.74, 6) is 0.389. The Kier molecular flexibility index (Phi) is 4.53. The maximum atomic E-state index is 13.3. The van der Waals surface area contributed by atoms with Gasteiger partial charge in [0.25, 0.3) is 5.56 Å². The number of nitrogens with zero attached hydrogens (tertiary/aromatic N) is 4. The van der Waals surface area contributed by atoms with Crippen LogP contribution < -0.4 is 11.3 Å². The number of fused-ring (bicyclic) bond motifs is 2. The standard InChI is InChI=1S/C25H16ClN5OS/c26-16-8-6-15(7-9-16)22-13-20-23(33-22)24(32)30(14-28-20)18-10-11-21-19(12-18)29-25(27)31(21)17-4-2-1-3-5-17/h1-14H,(H2,27,29). The minimum absolute atomic E-state index is 0.125. The minimum Gasteiger partial charge on any atom is -0.369 e. The lowest BCUT2D eigenvalue weighted by Crippen LogP contribution is -2.17. The van der Waals surface area contributed by atoms with Crippen molar-refractivity contribution in [3.63, 3.8) is 0 Å². The molecule has 0 aliphatic carbocycles. The number of hydrogen-bond acceptors (Lipinski definition) is 5. The van der Waals surface area contributed by atoms with E-state index in [0.29, 0.717) is 32.4 Å². The second-order valence-electron chi connectivity index (χ2n) is 7.57. The van der Waals surface area contributed by atoms with Gasteiger partial charge in [-0.3, -0.25) is 13.9 Å². The first-order chi connectivity index (χ1) is 16.1. The Hall–Kier alpha value is -3.94. The molecule has 6 aromatic rings. The number of thiophene rings is 1. The predicted molar refractivity (Wildman–Crippen MR) is 135 cm³/mol. The van der Waals surface area contributed by atoms with E-state index in [1.54, 1.807) is 10.9 Å². The molecule has 0 bridgehead atoms. The van der Waals surface area contributed by atoms with Gasteiger partial charge in [0, 0.05) is 15.6 Å². The summed E-state index contributed by atoms with van der Waals surface area (Å²) in [7, 11) is 0. The van der Waals surface area contributed by atoms with Gasteiger partial charge < -0.3 is 5.73 Å². The van der Waals surface area contributed by atoms with E-state index in [4.69, 9.17) is 17.3 Å². The van der Waals surface area contributed by atoms with Crippen LogP contribution in [-0.4, -0.2) is 19.1 Å². The molecule has 6 rings (SSSR count). The van der Waals surface area contributed by atoms with Crippen LogP contribution in [0.3, 0.4) is 0 Å². The van der Waals surface area contributed by atoms with Crippen LogP contribution in [0.2, 0.25) is 5.02 Å².